The molecule has 4 nitrogen and oxygen atoms in total. The number of hydrogen-bond acceptors (Lipinski definition) is 3. The molecule has 2 N–H and O–H groups in total. The van der Waals surface area contributed by atoms with Crippen molar-refractivity contribution in [1.29, 1.82) is 0 Å². The molecule has 1 aliphatic heterocycles. The molecule has 4 heteroatoms. The van der Waals surface area contributed by atoms with Crippen LogP contribution in [0.3, 0.4) is 0 Å². The second-order valence-corrected chi connectivity index (χ2v) is 4.55. The van der Waals surface area contributed by atoms with Gasteiger partial charge in [0.25, 0.3) is 0 Å². The lowest BCUT2D eigenvalue weighted by molar-refractivity contribution is -0.123. The van der Waals surface area contributed by atoms with Crippen molar-refractivity contribution in [2.45, 2.75) is 44.3 Å². The van der Waals surface area contributed by atoms with Crippen molar-refractivity contribution in [2.75, 3.05) is 13.2 Å². The number of aliphatic hydroxyl groups is 1. The fraction of sp³-hybridized carbons (Fsp3) is 0.909. The fourth-order valence-electron chi connectivity index (χ4n) is 1.95. The van der Waals surface area contributed by atoms with Crippen molar-refractivity contribution in [3.05, 3.63) is 0 Å². The second kappa shape index (κ2) is 4.94. The van der Waals surface area contributed by atoms with E-state index in [1.165, 1.54) is 0 Å². The van der Waals surface area contributed by atoms with E-state index < -0.39 is 0 Å². The molecule has 1 amide bonds. The summed E-state index contributed by atoms with van der Waals surface area (Å²) >= 11 is 0. The van der Waals surface area contributed by atoms with Crippen LogP contribution < -0.4 is 5.32 Å². The Balaban J connectivity index is 1.59. The van der Waals surface area contributed by atoms with E-state index in [1.54, 1.807) is 0 Å². The summed E-state index contributed by atoms with van der Waals surface area (Å²) in [5, 5.41) is 12.3. The van der Waals surface area contributed by atoms with Gasteiger partial charge in [0.15, 0.2) is 0 Å². The maximum absolute atomic E-state index is 11.4. The highest BCUT2D eigenvalue weighted by Crippen LogP contribution is 2.32. The van der Waals surface area contributed by atoms with E-state index in [1.807, 2.05) is 0 Å². The molecule has 0 aromatic rings. The predicted molar refractivity (Wildman–Crippen MR) is 55.3 cm³/mol. The van der Waals surface area contributed by atoms with Crippen molar-refractivity contribution < 1.29 is 14.6 Å². The fourth-order valence-corrected chi connectivity index (χ4v) is 1.95. The van der Waals surface area contributed by atoms with Crippen molar-refractivity contribution in [1.82, 2.24) is 5.32 Å². The highest BCUT2D eigenvalue weighted by molar-refractivity contribution is 5.76. The van der Waals surface area contributed by atoms with E-state index in [0.29, 0.717) is 18.9 Å². The van der Waals surface area contributed by atoms with Crippen LogP contribution in [0.4, 0.5) is 0 Å². The number of rotatable bonds is 5. The van der Waals surface area contributed by atoms with E-state index in [-0.39, 0.29) is 18.1 Å². The zero-order valence-electron chi connectivity index (χ0n) is 8.95. The van der Waals surface area contributed by atoms with Crippen LogP contribution in [-0.4, -0.2) is 36.4 Å². The molecule has 1 heterocycles. The first-order valence-electron chi connectivity index (χ1n) is 5.82. The third kappa shape index (κ3) is 3.47. The lowest BCUT2D eigenvalue weighted by atomic mass is 10.1. The smallest absolute Gasteiger partial charge is 0.222 e. The second-order valence-electron chi connectivity index (χ2n) is 4.55. The zero-order chi connectivity index (χ0) is 10.7. The van der Waals surface area contributed by atoms with Gasteiger partial charge in [-0.05, 0) is 31.6 Å². The molecule has 0 aromatic heterocycles. The molecule has 2 unspecified atom stereocenters. The van der Waals surface area contributed by atoms with Gasteiger partial charge in [0, 0.05) is 13.2 Å². The summed E-state index contributed by atoms with van der Waals surface area (Å²) in [6, 6.07) is 0. The predicted octanol–water partition coefficient (Wildman–Crippen LogP) is 0.443. The summed E-state index contributed by atoms with van der Waals surface area (Å²) in [7, 11) is 0. The van der Waals surface area contributed by atoms with Crippen molar-refractivity contribution in [2.24, 2.45) is 5.92 Å². The van der Waals surface area contributed by atoms with Crippen molar-refractivity contribution in [3.8, 4) is 0 Å². The average Bonchev–Trinajstić information content (AvgIpc) is 2.95. The van der Waals surface area contributed by atoms with Crippen LogP contribution in [-0.2, 0) is 9.53 Å². The Labute approximate surface area is 90.0 Å². The minimum absolute atomic E-state index is 0.00148. The molecule has 2 fully saturated rings. The summed E-state index contributed by atoms with van der Waals surface area (Å²) in [6.45, 7) is 1.18. The molecule has 1 saturated heterocycles. The van der Waals surface area contributed by atoms with E-state index >= 15 is 0 Å². The first-order valence-corrected chi connectivity index (χ1v) is 5.82. The highest BCUT2D eigenvalue weighted by Gasteiger charge is 2.29. The number of amides is 1. The summed E-state index contributed by atoms with van der Waals surface area (Å²) in [5.41, 5.74) is 0. The SMILES string of the molecule is O=C(CC1CCCO1)NCC(O)C1CC1. The average molecular weight is 213 g/mol. The molecule has 2 aliphatic rings. The third-order valence-corrected chi connectivity index (χ3v) is 3.11. The van der Waals surface area contributed by atoms with Crippen LogP contribution in [0.2, 0.25) is 0 Å². The summed E-state index contributed by atoms with van der Waals surface area (Å²) in [4.78, 5) is 11.4. The van der Waals surface area contributed by atoms with E-state index in [2.05, 4.69) is 5.32 Å². The molecule has 15 heavy (non-hydrogen) atoms. The Morgan fingerprint density at radius 2 is 2.27 bits per heavy atom. The first kappa shape index (κ1) is 10.9. The van der Waals surface area contributed by atoms with Gasteiger partial charge < -0.3 is 15.2 Å². The number of ether oxygens (including phenoxy) is 1. The highest BCUT2D eigenvalue weighted by atomic mass is 16.5. The van der Waals surface area contributed by atoms with Crippen LogP contribution in [0.15, 0.2) is 0 Å². The van der Waals surface area contributed by atoms with Gasteiger partial charge in [-0.1, -0.05) is 0 Å². The van der Waals surface area contributed by atoms with Gasteiger partial charge in [-0.2, -0.15) is 0 Å². The molecule has 86 valence electrons. The minimum atomic E-state index is -0.349. The Hall–Kier alpha value is -0.610. The maximum Gasteiger partial charge on any atom is 0.222 e. The van der Waals surface area contributed by atoms with E-state index in [0.717, 1.165) is 32.3 Å². The third-order valence-electron chi connectivity index (χ3n) is 3.11. The molecular weight excluding hydrogens is 194 g/mol. The van der Waals surface area contributed by atoms with Crippen LogP contribution >= 0.6 is 0 Å². The van der Waals surface area contributed by atoms with Crippen LogP contribution in [0.1, 0.15) is 32.1 Å². The Bertz CT molecular complexity index is 222. The van der Waals surface area contributed by atoms with Gasteiger partial charge in [-0.15, -0.1) is 0 Å². The number of carbonyl (C=O) groups is 1. The zero-order valence-corrected chi connectivity index (χ0v) is 8.95. The molecule has 1 aliphatic carbocycles. The lowest BCUT2D eigenvalue weighted by Gasteiger charge is -2.12. The molecular formula is C11H19NO3. The molecule has 2 atom stereocenters. The van der Waals surface area contributed by atoms with Crippen LogP contribution in [0.25, 0.3) is 0 Å². The van der Waals surface area contributed by atoms with E-state index in [4.69, 9.17) is 4.74 Å². The topological polar surface area (TPSA) is 58.6 Å². The Morgan fingerprint density at radius 1 is 1.47 bits per heavy atom. The van der Waals surface area contributed by atoms with Gasteiger partial charge in [-0.3, -0.25) is 4.79 Å². The summed E-state index contributed by atoms with van der Waals surface area (Å²) < 4.78 is 5.37. The summed E-state index contributed by atoms with van der Waals surface area (Å²) in [6.07, 6.45) is 4.44. The molecule has 2 rings (SSSR count). The minimum Gasteiger partial charge on any atom is -0.391 e. The quantitative estimate of drug-likeness (QED) is 0.697. The van der Waals surface area contributed by atoms with Gasteiger partial charge in [0.05, 0.1) is 18.6 Å². The van der Waals surface area contributed by atoms with Crippen LogP contribution in [0, 0.1) is 5.92 Å². The van der Waals surface area contributed by atoms with Gasteiger partial charge in [0.2, 0.25) is 5.91 Å². The standard InChI is InChI=1S/C11H19NO3/c13-10(8-3-4-8)7-12-11(14)6-9-2-1-5-15-9/h8-10,13H,1-7H2,(H,12,14). The Morgan fingerprint density at radius 3 is 2.87 bits per heavy atom. The molecule has 1 saturated carbocycles. The monoisotopic (exact) mass is 213 g/mol. The van der Waals surface area contributed by atoms with E-state index in [9.17, 15) is 9.90 Å². The van der Waals surface area contributed by atoms with Gasteiger partial charge >= 0.3 is 0 Å². The normalized spacial score (nSPS) is 27.7. The maximum atomic E-state index is 11.4. The molecule has 0 bridgehead atoms. The molecule has 0 aromatic carbocycles. The summed E-state index contributed by atoms with van der Waals surface area (Å²) in [5.74, 6) is 0.426. The number of hydrogen-bond donors (Lipinski definition) is 2. The van der Waals surface area contributed by atoms with Gasteiger partial charge in [-0.25, -0.2) is 0 Å². The molecule has 0 spiro atoms. The van der Waals surface area contributed by atoms with Crippen LogP contribution in [0.5, 0.6) is 0 Å². The largest absolute Gasteiger partial charge is 0.391 e. The molecule has 0 radical (unpaired) electrons. The first-order chi connectivity index (χ1) is 7.25. The lowest BCUT2D eigenvalue weighted by Crippen LogP contribution is -2.34. The van der Waals surface area contributed by atoms with Crippen molar-refractivity contribution >= 4 is 5.91 Å². The Kier molecular flexibility index (Phi) is 3.59. The number of nitrogens with one attached hydrogen (secondary N) is 1. The van der Waals surface area contributed by atoms with Gasteiger partial charge in [0.1, 0.15) is 0 Å². The number of aliphatic hydroxyl groups excluding tert-OH is 1. The number of carbonyl (C=O) groups excluding carboxylic acids is 1. The van der Waals surface area contributed by atoms with Crippen molar-refractivity contribution in [3.63, 3.8) is 0 Å².